The SMILES string of the molecule is CCN(CC#N)C(=O)C1CCOC1. The molecule has 72 valence electrons. The normalized spacial score (nSPS) is 21.1. The van der Waals surface area contributed by atoms with Crippen molar-refractivity contribution >= 4 is 5.91 Å². The smallest absolute Gasteiger partial charge is 0.228 e. The fourth-order valence-electron chi connectivity index (χ4n) is 1.42. The molecule has 0 aromatic rings. The van der Waals surface area contributed by atoms with Crippen molar-refractivity contribution < 1.29 is 9.53 Å². The van der Waals surface area contributed by atoms with Crippen LogP contribution in [0.3, 0.4) is 0 Å². The molecule has 0 aliphatic carbocycles. The van der Waals surface area contributed by atoms with Crippen LogP contribution in [-0.4, -0.2) is 37.1 Å². The average molecular weight is 182 g/mol. The molecule has 1 unspecified atom stereocenters. The van der Waals surface area contributed by atoms with E-state index in [1.54, 1.807) is 4.90 Å². The first-order valence-electron chi connectivity index (χ1n) is 4.53. The van der Waals surface area contributed by atoms with Gasteiger partial charge >= 0.3 is 0 Å². The van der Waals surface area contributed by atoms with E-state index in [0.717, 1.165) is 6.42 Å². The van der Waals surface area contributed by atoms with Gasteiger partial charge in [0.1, 0.15) is 6.54 Å². The van der Waals surface area contributed by atoms with Gasteiger partial charge in [-0.2, -0.15) is 5.26 Å². The Labute approximate surface area is 78.1 Å². The molecular formula is C9H14N2O2. The van der Waals surface area contributed by atoms with E-state index in [4.69, 9.17) is 10.00 Å². The standard InChI is InChI=1S/C9H14N2O2/c1-2-11(5-4-10)9(12)8-3-6-13-7-8/h8H,2-3,5-7H2,1H3. The van der Waals surface area contributed by atoms with Crippen molar-refractivity contribution in [2.75, 3.05) is 26.3 Å². The zero-order valence-corrected chi connectivity index (χ0v) is 7.82. The third kappa shape index (κ3) is 2.43. The average Bonchev–Trinajstić information content (AvgIpc) is 2.65. The van der Waals surface area contributed by atoms with Crippen LogP contribution >= 0.6 is 0 Å². The maximum atomic E-state index is 11.7. The molecule has 1 aliphatic heterocycles. The molecule has 0 aromatic heterocycles. The number of hydrogen-bond acceptors (Lipinski definition) is 3. The number of carbonyl (C=O) groups is 1. The number of nitrogens with zero attached hydrogens (tertiary/aromatic N) is 2. The Hall–Kier alpha value is -1.08. The second kappa shape index (κ2) is 4.83. The van der Waals surface area contributed by atoms with Gasteiger partial charge in [0.15, 0.2) is 0 Å². The molecule has 1 fully saturated rings. The van der Waals surface area contributed by atoms with Crippen LogP contribution in [0.5, 0.6) is 0 Å². The molecule has 1 amide bonds. The molecule has 0 radical (unpaired) electrons. The lowest BCUT2D eigenvalue weighted by atomic mass is 10.1. The summed E-state index contributed by atoms with van der Waals surface area (Å²) in [5.74, 6) is 0.0369. The van der Waals surface area contributed by atoms with E-state index in [1.165, 1.54) is 0 Å². The first-order chi connectivity index (χ1) is 6.29. The summed E-state index contributed by atoms with van der Waals surface area (Å²) in [6, 6.07) is 1.99. The zero-order chi connectivity index (χ0) is 9.68. The van der Waals surface area contributed by atoms with Crippen molar-refractivity contribution in [2.24, 2.45) is 5.92 Å². The van der Waals surface area contributed by atoms with E-state index >= 15 is 0 Å². The van der Waals surface area contributed by atoms with E-state index in [0.29, 0.717) is 19.8 Å². The minimum Gasteiger partial charge on any atom is -0.381 e. The van der Waals surface area contributed by atoms with Crippen LogP contribution < -0.4 is 0 Å². The molecule has 0 saturated carbocycles. The monoisotopic (exact) mass is 182 g/mol. The van der Waals surface area contributed by atoms with E-state index in [2.05, 4.69) is 0 Å². The summed E-state index contributed by atoms with van der Waals surface area (Å²) in [6.07, 6.45) is 0.792. The third-order valence-electron chi connectivity index (χ3n) is 2.23. The molecule has 0 aromatic carbocycles. The number of amides is 1. The van der Waals surface area contributed by atoms with Gasteiger partial charge in [0.05, 0.1) is 18.6 Å². The molecule has 0 spiro atoms. The number of hydrogen-bond donors (Lipinski definition) is 0. The van der Waals surface area contributed by atoms with Crippen LogP contribution in [-0.2, 0) is 9.53 Å². The molecule has 1 atom stereocenters. The highest BCUT2D eigenvalue weighted by Gasteiger charge is 2.26. The summed E-state index contributed by atoms with van der Waals surface area (Å²) in [5.41, 5.74) is 0. The minimum absolute atomic E-state index is 0.0201. The van der Waals surface area contributed by atoms with E-state index in [9.17, 15) is 4.79 Å². The van der Waals surface area contributed by atoms with Gasteiger partial charge in [-0.05, 0) is 13.3 Å². The number of rotatable bonds is 3. The quantitative estimate of drug-likeness (QED) is 0.593. The maximum absolute atomic E-state index is 11.7. The molecule has 4 nitrogen and oxygen atoms in total. The highest BCUT2D eigenvalue weighted by Crippen LogP contribution is 2.15. The Morgan fingerprint density at radius 2 is 2.54 bits per heavy atom. The predicted molar refractivity (Wildman–Crippen MR) is 46.8 cm³/mol. The summed E-state index contributed by atoms with van der Waals surface area (Å²) in [6.45, 7) is 3.85. The second-order valence-corrected chi connectivity index (χ2v) is 3.07. The van der Waals surface area contributed by atoms with Crippen LogP contribution in [0.15, 0.2) is 0 Å². The molecule has 1 rings (SSSR count). The Morgan fingerprint density at radius 1 is 1.77 bits per heavy atom. The summed E-state index contributed by atoms with van der Waals surface area (Å²) < 4.78 is 5.12. The lowest BCUT2D eigenvalue weighted by Gasteiger charge is -2.20. The Balaban J connectivity index is 2.48. The van der Waals surface area contributed by atoms with Gasteiger partial charge in [-0.15, -0.1) is 0 Å². The van der Waals surface area contributed by atoms with Crippen LogP contribution in [0.1, 0.15) is 13.3 Å². The van der Waals surface area contributed by atoms with Crippen LogP contribution in [0.25, 0.3) is 0 Å². The van der Waals surface area contributed by atoms with E-state index in [-0.39, 0.29) is 18.4 Å². The highest BCUT2D eigenvalue weighted by molar-refractivity contribution is 5.79. The van der Waals surface area contributed by atoms with Gasteiger partial charge in [0.2, 0.25) is 5.91 Å². The van der Waals surface area contributed by atoms with Gasteiger partial charge < -0.3 is 9.64 Å². The van der Waals surface area contributed by atoms with Crippen molar-refractivity contribution in [1.82, 2.24) is 4.90 Å². The molecular weight excluding hydrogens is 168 g/mol. The molecule has 13 heavy (non-hydrogen) atoms. The lowest BCUT2D eigenvalue weighted by Crippen LogP contribution is -2.36. The van der Waals surface area contributed by atoms with Crippen LogP contribution in [0.2, 0.25) is 0 Å². The number of ether oxygens (including phenoxy) is 1. The Kier molecular flexibility index (Phi) is 3.71. The fraction of sp³-hybridized carbons (Fsp3) is 0.778. The first-order valence-corrected chi connectivity index (χ1v) is 4.53. The summed E-state index contributed by atoms with van der Waals surface area (Å²) in [4.78, 5) is 13.2. The third-order valence-corrected chi connectivity index (χ3v) is 2.23. The van der Waals surface area contributed by atoms with Crippen molar-refractivity contribution in [2.45, 2.75) is 13.3 Å². The number of carbonyl (C=O) groups excluding carboxylic acids is 1. The van der Waals surface area contributed by atoms with Crippen LogP contribution in [0, 0.1) is 17.2 Å². The van der Waals surface area contributed by atoms with Gasteiger partial charge in [-0.1, -0.05) is 0 Å². The largest absolute Gasteiger partial charge is 0.381 e. The zero-order valence-electron chi connectivity index (χ0n) is 7.82. The number of nitriles is 1. The predicted octanol–water partition coefficient (Wildman–Crippen LogP) is 0.395. The minimum atomic E-state index is -0.0201. The van der Waals surface area contributed by atoms with Crippen molar-refractivity contribution in [1.29, 1.82) is 5.26 Å². The van der Waals surface area contributed by atoms with E-state index in [1.807, 2.05) is 13.0 Å². The highest BCUT2D eigenvalue weighted by atomic mass is 16.5. The topological polar surface area (TPSA) is 53.3 Å². The molecule has 4 heteroatoms. The van der Waals surface area contributed by atoms with Gasteiger partial charge in [-0.3, -0.25) is 4.79 Å². The maximum Gasteiger partial charge on any atom is 0.228 e. The fourth-order valence-corrected chi connectivity index (χ4v) is 1.42. The summed E-state index contributed by atoms with van der Waals surface area (Å²) in [7, 11) is 0. The molecule has 0 bridgehead atoms. The van der Waals surface area contributed by atoms with E-state index < -0.39 is 0 Å². The molecule has 1 aliphatic rings. The second-order valence-electron chi connectivity index (χ2n) is 3.07. The van der Waals surface area contributed by atoms with Crippen molar-refractivity contribution in [3.05, 3.63) is 0 Å². The first kappa shape index (κ1) is 10.0. The van der Waals surface area contributed by atoms with Crippen molar-refractivity contribution in [3.8, 4) is 6.07 Å². The summed E-state index contributed by atoms with van der Waals surface area (Å²) in [5, 5.41) is 8.48. The molecule has 1 saturated heterocycles. The van der Waals surface area contributed by atoms with Gasteiger partial charge in [0.25, 0.3) is 0 Å². The van der Waals surface area contributed by atoms with Crippen molar-refractivity contribution in [3.63, 3.8) is 0 Å². The Bertz CT molecular complexity index is 216. The van der Waals surface area contributed by atoms with Crippen LogP contribution in [0.4, 0.5) is 0 Å². The molecule has 1 heterocycles. The Morgan fingerprint density at radius 3 is 3.00 bits per heavy atom. The lowest BCUT2D eigenvalue weighted by molar-refractivity contribution is -0.134. The molecule has 0 N–H and O–H groups in total. The summed E-state index contributed by atoms with van der Waals surface area (Å²) >= 11 is 0. The van der Waals surface area contributed by atoms with Gasteiger partial charge in [0, 0.05) is 13.2 Å². The van der Waals surface area contributed by atoms with Gasteiger partial charge in [-0.25, -0.2) is 0 Å².